The fourth-order valence-corrected chi connectivity index (χ4v) is 1.55. The molecule has 0 bridgehead atoms. The first-order valence-electron chi connectivity index (χ1n) is 4.62. The molecule has 2 unspecified atom stereocenters. The number of aliphatic hydroxyl groups excluding tert-OH is 2. The van der Waals surface area contributed by atoms with E-state index in [0.717, 1.165) is 0 Å². The molecule has 0 heterocycles. The van der Waals surface area contributed by atoms with Gasteiger partial charge in [0.25, 0.3) is 0 Å². The summed E-state index contributed by atoms with van der Waals surface area (Å²) >= 11 is 5.71. The van der Waals surface area contributed by atoms with E-state index in [-0.39, 0.29) is 5.88 Å². The molecule has 0 fully saturated rings. The van der Waals surface area contributed by atoms with Crippen molar-refractivity contribution in [3.63, 3.8) is 0 Å². The van der Waals surface area contributed by atoms with Gasteiger partial charge in [0.2, 0.25) is 0 Å². The molecule has 0 aliphatic heterocycles. The summed E-state index contributed by atoms with van der Waals surface area (Å²) in [5.74, 6) is 0.837. The lowest BCUT2D eigenvalue weighted by molar-refractivity contribution is 0.0527. The maximum Gasteiger partial charge on any atom is 0.170 e. The maximum absolute atomic E-state index is 9.62. The predicted molar refractivity (Wildman–Crippen MR) is 59.1 cm³/mol. The van der Waals surface area contributed by atoms with Crippen molar-refractivity contribution in [2.24, 2.45) is 0 Å². The number of methoxy groups -OCH3 is 1. The van der Waals surface area contributed by atoms with E-state index in [1.54, 1.807) is 24.3 Å². The highest BCUT2D eigenvalue weighted by Crippen LogP contribution is 2.26. The number of aliphatic hydroxyl groups is 2. The van der Waals surface area contributed by atoms with Gasteiger partial charge in [-0.25, -0.2) is 0 Å². The molecule has 0 radical (unpaired) electrons. The van der Waals surface area contributed by atoms with Crippen LogP contribution < -0.4 is 4.74 Å². The van der Waals surface area contributed by atoms with Crippen molar-refractivity contribution in [3.8, 4) is 11.8 Å². The SMILES string of the molecule is COc1ccc(C(O)C(O)C#N)cc1CCl. The van der Waals surface area contributed by atoms with E-state index in [2.05, 4.69) is 0 Å². The van der Waals surface area contributed by atoms with Crippen molar-refractivity contribution < 1.29 is 14.9 Å². The molecule has 0 aliphatic carbocycles. The third kappa shape index (κ3) is 2.64. The number of rotatable bonds is 4. The summed E-state index contributed by atoms with van der Waals surface area (Å²) in [4.78, 5) is 0. The Balaban J connectivity index is 3.04. The van der Waals surface area contributed by atoms with Crippen LogP contribution in [0.5, 0.6) is 5.75 Å². The van der Waals surface area contributed by atoms with Gasteiger partial charge in [0.15, 0.2) is 6.10 Å². The molecular weight excluding hydrogens is 230 g/mol. The zero-order valence-corrected chi connectivity index (χ0v) is 9.48. The summed E-state index contributed by atoms with van der Waals surface area (Å²) in [6, 6.07) is 6.40. The van der Waals surface area contributed by atoms with Crippen LogP contribution in [0.25, 0.3) is 0 Å². The summed E-state index contributed by atoms with van der Waals surface area (Å²) in [6.45, 7) is 0. The highest BCUT2D eigenvalue weighted by molar-refractivity contribution is 6.17. The van der Waals surface area contributed by atoms with Gasteiger partial charge in [-0.3, -0.25) is 0 Å². The van der Waals surface area contributed by atoms with Crippen molar-refractivity contribution >= 4 is 11.6 Å². The molecule has 86 valence electrons. The Kier molecular flexibility index (Phi) is 4.56. The molecule has 0 saturated carbocycles. The van der Waals surface area contributed by atoms with Gasteiger partial charge in [0.1, 0.15) is 11.9 Å². The average Bonchev–Trinajstić information content (AvgIpc) is 2.35. The smallest absolute Gasteiger partial charge is 0.170 e. The maximum atomic E-state index is 9.62. The summed E-state index contributed by atoms with van der Waals surface area (Å²) in [5, 5.41) is 27.3. The second kappa shape index (κ2) is 5.71. The minimum Gasteiger partial charge on any atom is -0.496 e. The molecular formula is C11H12ClNO3. The van der Waals surface area contributed by atoms with E-state index in [1.165, 1.54) is 7.11 Å². The van der Waals surface area contributed by atoms with Crippen LogP contribution >= 0.6 is 11.6 Å². The van der Waals surface area contributed by atoms with Gasteiger partial charge < -0.3 is 14.9 Å². The molecule has 4 nitrogen and oxygen atoms in total. The van der Waals surface area contributed by atoms with Crippen LogP contribution in [0.15, 0.2) is 18.2 Å². The fourth-order valence-electron chi connectivity index (χ4n) is 1.34. The Labute approximate surface area is 98.7 Å². The largest absolute Gasteiger partial charge is 0.496 e. The van der Waals surface area contributed by atoms with E-state index in [1.807, 2.05) is 0 Å². The summed E-state index contributed by atoms with van der Waals surface area (Å²) < 4.78 is 5.06. The van der Waals surface area contributed by atoms with Gasteiger partial charge in [-0.05, 0) is 17.7 Å². The first-order valence-corrected chi connectivity index (χ1v) is 5.16. The molecule has 2 atom stereocenters. The van der Waals surface area contributed by atoms with Gasteiger partial charge in [-0.15, -0.1) is 11.6 Å². The van der Waals surface area contributed by atoms with Crippen molar-refractivity contribution in [1.29, 1.82) is 5.26 Å². The lowest BCUT2D eigenvalue weighted by atomic mass is 10.0. The average molecular weight is 242 g/mol. The first kappa shape index (κ1) is 12.8. The van der Waals surface area contributed by atoms with Crippen LogP contribution in [0.4, 0.5) is 0 Å². The highest BCUT2D eigenvalue weighted by Gasteiger charge is 2.18. The number of halogens is 1. The zero-order chi connectivity index (χ0) is 12.1. The van der Waals surface area contributed by atoms with E-state index in [0.29, 0.717) is 16.9 Å². The Morgan fingerprint density at radius 3 is 2.69 bits per heavy atom. The van der Waals surface area contributed by atoms with E-state index >= 15 is 0 Å². The van der Waals surface area contributed by atoms with Crippen LogP contribution in [0.1, 0.15) is 17.2 Å². The number of benzene rings is 1. The Morgan fingerprint density at radius 1 is 1.50 bits per heavy atom. The van der Waals surface area contributed by atoms with E-state index in [4.69, 9.17) is 21.6 Å². The van der Waals surface area contributed by atoms with Gasteiger partial charge in [0.05, 0.1) is 19.1 Å². The van der Waals surface area contributed by atoms with Crippen LogP contribution in [0.3, 0.4) is 0 Å². The van der Waals surface area contributed by atoms with Crippen LogP contribution in [-0.4, -0.2) is 23.4 Å². The van der Waals surface area contributed by atoms with Crippen molar-refractivity contribution in [3.05, 3.63) is 29.3 Å². The third-order valence-electron chi connectivity index (χ3n) is 2.22. The lowest BCUT2D eigenvalue weighted by Crippen LogP contribution is -2.15. The number of hydrogen-bond donors (Lipinski definition) is 2. The molecule has 1 aromatic carbocycles. The number of hydrogen-bond acceptors (Lipinski definition) is 4. The number of nitriles is 1. The van der Waals surface area contributed by atoms with Gasteiger partial charge in [-0.1, -0.05) is 6.07 Å². The normalized spacial score (nSPS) is 13.9. The highest BCUT2D eigenvalue weighted by atomic mass is 35.5. The number of alkyl halides is 1. The fraction of sp³-hybridized carbons (Fsp3) is 0.364. The summed E-state index contributed by atoms with van der Waals surface area (Å²) in [5.41, 5.74) is 1.14. The summed E-state index contributed by atoms with van der Waals surface area (Å²) in [7, 11) is 1.52. The first-order chi connectivity index (χ1) is 7.63. The summed E-state index contributed by atoms with van der Waals surface area (Å²) in [6.07, 6.45) is -2.69. The molecule has 2 N–H and O–H groups in total. The van der Waals surface area contributed by atoms with E-state index in [9.17, 15) is 10.2 Å². The molecule has 0 aromatic heterocycles. The Morgan fingerprint density at radius 2 is 2.19 bits per heavy atom. The predicted octanol–water partition coefficient (Wildman–Crippen LogP) is 1.35. The van der Waals surface area contributed by atoms with Crippen LogP contribution in [0.2, 0.25) is 0 Å². The molecule has 0 amide bonds. The number of ether oxygens (including phenoxy) is 1. The van der Waals surface area contributed by atoms with Crippen molar-refractivity contribution in [2.75, 3.05) is 7.11 Å². The van der Waals surface area contributed by atoms with Crippen molar-refractivity contribution in [1.82, 2.24) is 0 Å². The molecule has 5 heteroatoms. The minimum absolute atomic E-state index is 0.229. The van der Waals surface area contributed by atoms with Gasteiger partial charge >= 0.3 is 0 Å². The molecule has 16 heavy (non-hydrogen) atoms. The zero-order valence-electron chi connectivity index (χ0n) is 8.72. The van der Waals surface area contributed by atoms with Crippen LogP contribution in [0, 0.1) is 11.3 Å². The van der Waals surface area contributed by atoms with Gasteiger partial charge in [0, 0.05) is 5.56 Å². The van der Waals surface area contributed by atoms with E-state index < -0.39 is 12.2 Å². The lowest BCUT2D eigenvalue weighted by Gasteiger charge is -2.14. The molecule has 1 aromatic rings. The molecule has 0 saturated heterocycles. The molecule has 1 rings (SSSR count). The topological polar surface area (TPSA) is 73.5 Å². The Hall–Kier alpha value is -1.28. The molecule has 0 spiro atoms. The minimum atomic E-state index is -1.45. The monoisotopic (exact) mass is 241 g/mol. The second-order valence-corrected chi connectivity index (χ2v) is 3.49. The van der Waals surface area contributed by atoms with Crippen molar-refractivity contribution in [2.45, 2.75) is 18.1 Å². The second-order valence-electron chi connectivity index (χ2n) is 3.22. The third-order valence-corrected chi connectivity index (χ3v) is 2.51. The van der Waals surface area contributed by atoms with Gasteiger partial charge in [-0.2, -0.15) is 5.26 Å². The quantitative estimate of drug-likeness (QED) is 0.617. The molecule has 0 aliphatic rings. The standard InChI is InChI=1S/C11H12ClNO3/c1-16-10-3-2-7(4-8(10)5-12)11(15)9(14)6-13/h2-4,9,11,14-15H,5H2,1H3. The Bertz CT molecular complexity index is 403. The number of nitrogens with zero attached hydrogens (tertiary/aromatic N) is 1. The van der Waals surface area contributed by atoms with Crippen LogP contribution in [-0.2, 0) is 5.88 Å².